The van der Waals surface area contributed by atoms with Gasteiger partial charge in [-0.25, -0.2) is 0 Å². The first-order valence-corrected chi connectivity index (χ1v) is 7.30. The van der Waals surface area contributed by atoms with Crippen LogP contribution in [0.4, 0.5) is 0 Å². The smallest absolute Gasteiger partial charge is 0.323 e. The van der Waals surface area contributed by atoms with E-state index in [1.807, 2.05) is 18.3 Å². The maximum atomic E-state index is 11.7. The van der Waals surface area contributed by atoms with Crippen molar-refractivity contribution in [1.29, 1.82) is 0 Å². The Morgan fingerprint density at radius 2 is 2.38 bits per heavy atom. The zero-order valence-electron chi connectivity index (χ0n) is 12.1. The molecule has 1 unspecified atom stereocenters. The number of carbonyl (C=O) groups is 1. The lowest BCUT2D eigenvalue weighted by Crippen LogP contribution is -2.38. The maximum absolute atomic E-state index is 11.7. The number of hydrogen-bond acceptors (Lipinski definition) is 4. The molecule has 2 aromatic rings. The lowest BCUT2D eigenvalue weighted by molar-refractivity contribution is -0.145. The molecule has 1 aromatic heterocycles. The fourth-order valence-corrected chi connectivity index (χ4v) is 3.19. The van der Waals surface area contributed by atoms with Crippen molar-refractivity contribution in [2.24, 2.45) is 0 Å². The molecule has 5 heteroatoms. The number of nitrogens with one attached hydrogen (secondary N) is 1. The quantitative estimate of drug-likeness (QED) is 0.845. The Morgan fingerprint density at radius 1 is 1.52 bits per heavy atom. The minimum atomic E-state index is -0.144. The number of likely N-dealkylation sites (tertiary alicyclic amines) is 1. The third-order valence-corrected chi connectivity index (χ3v) is 4.27. The van der Waals surface area contributed by atoms with Crippen LogP contribution in [0.1, 0.15) is 18.4 Å². The van der Waals surface area contributed by atoms with Crippen LogP contribution >= 0.6 is 0 Å². The van der Waals surface area contributed by atoms with Crippen molar-refractivity contribution < 1.29 is 14.6 Å². The Balaban J connectivity index is 1.73. The van der Waals surface area contributed by atoms with Crippen LogP contribution in [-0.4, -0.2) is 47.2 Å². The molecule has 1 saturated heterocycles. The molecule has 2 N–H and O–H groups in total. The summed E-state index contributed by atoms with van der Waals surface area (Å²) in [6.45, 7) is 1.72. The van der Waals surface area contributed by atoms with E-state index in [1.54, 1.807) is 6.07 Å². The van der Waals surface area contributed by atoms with E-state index in [9.17, 15) is 9.90 Å². The van der Waals surface area contributed by atoms with Crippen LogP contribution in [0.2, 0.25) is 0 Å². The number of nitrogens with zero attached hydrogens (tertiary/aromatic N) is 1. The van der Waals surface area contributed by atoms with Crippen molar-refractivity contribution in [3.05, 3.63) is 30.0 Å². The number of carbonyl (C=O) groups excluding carboxylic acids is 1. The molecule has 1 fully saturated rings. The highest BCUT2D eigenvalue weighted by atomic mass is 16.5. The number of H-pyrrole nitrogens is 1. The summed E-state index contributed by atoms with van der Waals surface area (Å²) >= 11 is 0. The highest BCUT2D eigenvalue weighted by Gasteiger charge is 2.31. The SMILES string of the molecule is COC(=O)C1CCCN1CCc1c[nH]c2cccc(O)c12. The number of hydrogen-bond donors (Lipinski definition) is 2. The Hall–Kier alpha value is -2.01. The molecule has 0 amide bonds. The maximum Gasteiger partial charge on any atom is 0.323 e. The summed E-state index contributed by atoms with van der Waals surface area (Å²) in [5.41, 5.74) is 2.02. The standard InChI is InChI=1S/C16H20N2O3/c1-21-16(20)13-5-3-8-18(13)9-7-11-10-17-12-4-2-6-14(19)15(11)12/h2,4,6,10,13,17,19H,3,5,7-9H2,1H3. The second-order valence-corrected chi connectivity index (χ2v) is 5.48. The number of aromatic amines is 1. The molecule has 0 aliphatic carbocycles. The first kappa shape index (κ1) is 13.9. The number of benzene rings is 1. The summed E-state index contributed by atoms with van der Waals surface area (Å²) < 4.78 is 4.86. The van der Waals surface area contributed by atoms with Crippen molar-refractivity contribution in [3.63, 3.8) is 0 Å². The summed E-state index contributed by atoms with van der Waals surface area (Å²) in [5.74, 6) is 0.156. The number of phenolic OH excluding ortho intramolecular Hbond substituents is 1. The zero-order valence-corrected chi connectivity index (χ0v) is 12.1. The van der Waals surface area contributed by atoms with Crippen LogP contribution in [0.15, 0.2) is 24.4 Å². The van der Waals surface area contributed by atoms with Crippen LogP contribution in [0.3, 0.4) is 0 Å². The Kier molecular flexibility index (Phi) is 3.84. The lowest BCUT2D eigenvalue weighted by Gasteiger charge is -2.22. The minimum absolute atomic E-state index is 0.117. The average Bonchev–Trinajstić information content (AvgIpc) is 3.11. The number of esters is 1. The number of rotatable bonds is 4. The summed E-state index contributed by atoms with van der Waals surface area (Å²) in [6, 6.07) is 5.36. The number of phenols is 1. The average molecular weight is 288 g/mol. The number of aromatic hydroxyl groups is 1. The molecule has 1 aromatic carbocycles. The van der Waals surface area contributed by atoms with Crippen molar-refractivity contribution in [3.8, 4) is 5.75 Å². The molecule has 3 rings (SSSR count). The van der Waals surface area contributed by atoms with E-state index in [1.165, 1.54) is 7.11 Å². The van der Waals surface area contributed by atoms with E-state index in [4.69, 9.17) is 4.74 Å². The second kappa shape index (κ2) is 5.77. The molecule has 1 aliphatic rings. The molecule has 1 atom stereocenters. The van der Waals surface area contributed by atoms with Gasteiger partial charge in [0.15, 0.2) is 0 Å². The first-order chi connectivity index (χ1) is 10.2. The van der Waals surface area contributed by atoms with Crippen molar-refractivity contribution in [2.45, 2.75) is 25.3 Å². The fourth-order valence-electron chi connectivity index (χ4n) is 3.19. The molecule has 0 saturated carbocycles. The molecular weight excluding hydrogens is 268 g/mol. The monoisotopic (exact) mass is 288 g/mol. The van der Waals surface area contributed by atoms with Crippen molar-refractivity contribution >= 4 is 16.9 Å². The van der Waals surface area contributed by atoms with Gasteiger partial charge >= 0.3 is 5.97 Å². The van der Waals surface area contributed by atoms with Gasteiger partial charge in [-0.1, -0.05) is 6.07 Å². The normalized spacial score (nSPS) is 19.2. The zero-order chi connectivity index (χ0) is 14.8. The third-order valence-electron chi connectivity index (χ3n) is 4.27. The molecule has 112 valence electrons. The van der Waals surface area contributed by atoms with Crippen LogP contribution in [0.25, 0.3) is 10.9 Å². The van der Waals surface area contributed by atoms with E-state index in [0.29, 0.717) is 5.75 Å². The molecule has 0 radical (unpaired) electrons. The topological polar surface area (TPSA) is 65.6 Å². The van der Waals surface area contributed by atoms with Gasteiger partial charge in [-0.2, -0.15) is 0 Å². The summed E-state index contributed by atoms with van der Waals surface area (Å²) in [6.07, 6.45) is 4.63. The molecule has 21 heavy (non-hydrogen) atoms. The summed E-state index contributed by atoms with van der Waals surface area (Å²) in [5, 5.41) is 10.9. The van der Waals surface area contributed by atoms with Crippen LogP contribution in [0.5, 0.6) is 5.75 Å². The van der Waals surface area contributed by atoms with Gasteiger partial charge in [-0.05, 0) is 43.5 Å². The first-order valence-electron chi connectivity index (χ1n) is 7.30. The van der Waals surface area contributed by atoms with Crippen LogP contribution in [-0.2, 0) is 16.0 Å². The highest BCUT2D eigenvalue weighted by molar-refractivity contribution is 5.89. The number of aromatic nitrogens is 1. The Morgan fingerprint density at radius 3 is 3.19 bits per heavy atom. The van der Waals surface area contributed by atoms with Gasteiger partial charge in [-0.3, -0.25) is 9.69 Å². The van der Waals surface area contributed by atoms with E-state index in [-0.39, 0.29) is 12.0 Å². The molecule has 0 spiro atoms. The summed E-state index contributed by atoms with van der Waals surface area (Å²) in [7, 11) is 1.44. The molecule has 1 aliphatic heterocycles. The predicted molar refractivity (Wildman–Crippen MR) is 80.3 cm³/mol. The molecule has 0 bridgehead atoms. The number of methoxy groups -OCH3 is 1. The van der Waals surface area contributed by atoms with Gasteiger partial charge in [0.05, 0.1) is 7.11 Å². The van der Waals surface area contributed by atoms with Gasteiger partial charge in [0, 0.05) is 23.6 Å². The summed E-state index contributed by atoms with van der Waals surface area (Å²) in [4.78, 5) is 17.1. The van der Waals surface area contributed by atoms with Crippen LogP contribution in [0, 0.1) is 0 Å². The largest absolute Gasteiger partial charge is 0.507 e. The van der Waals surface area contributed by atoms with Crippen LogP contribution < -0.4 is 0 Å². The minimum Gasteiger partial charge on any atom is -0.507 e. The van der Waals surface area contributed by atoms with E-state index < -0.39 is 0 Å². The van der Waals surface area contributed by atoms with Gasteiger partial charge in [0.1, 0.15) is 11.8 Å². The molecular formula is C16H20N2O3. The van der Waals surface area contributed by atoms with Gasteiger partial charge in [0.2, 0.25) is 0 Å². The van der Waals surface area contributed by atoms with Gasteiger partial charge in [-0.15, -0.1) is 0 Å². The number of fused-ring (bicyclic) bond motifs is 1. The van der Waals surface area contributed by atoms with Gasteiger partial charge in [0.25, 0.3) is 0 Å². The predicted octanol–water partition coefficient (Wildman–Crippen LogP) is 2.05. The second-order valence-electron chi connectivity index (χ2n) is 5.48. The fraction of sp³-hybridized carbons (Fsp3) is 0.438. The third kappa shape index (κ3) is 2.61. The lowest BCUT2D eigenvalue weighted by atomic mass is 10.1. The van der Waals surface area contributed by atoms with Crippen molar-refractivity contribution in [1.82, 2.24) is 9.88 Å². The highest BCUT2D eigenvalue weighted by Crippen LogP contribution is 2.28. The van der Waals surface area contributed by atoms with E-state index in [0.717, 1.165) is 48.8 Å². The Bertz CT molecular complexity index is 650. The van der Waals surface area contributed by atoms with Gasteiger partial charge < -0.3 is 14.8 Å². The molecule has 5 nitrogen and oxygen atoms in total. The van der Waals surface area contributed by atoms with Crippen molar-refractivity contribution in [2.75, 3.05) is 20.2 Å². The van der Waals surface area contributed by atoms with E-state index in [2.05, 4.69) is 9.88 Å². The Labute approximate surface area is 123 Å². The van der Waals surface area contributed by atoms with E-state index >= 15 is 0 Å². The number of ether oxygens (including phenoxy) is 1. The molecule has 2 heterocycles.